The fourth-order valence-corrected chi connectivity index (χ4v) is 3.07. The van der Waals surface area contributed by atoms with E-state index in [0.29, 0.717) is 6.54 Å². The molecule has 2 aromatic rings. The Morgan fingerprint density at radius 1 is 1.42 bits per heavy atom. The Hall–Kier alpha value is -1.42. The minimum absolute atomic E-state index is 0.0185. The molecule has 0 unspecified atom stereocenters. The third kappa shape index (κ3) is 1.86. The molecule has 0 amide bonds. The largest absolute Gasteiger partial charge is 0.329 e. The van der Waals surface area contributed by atoms with Gasteiger partial charge in [0.05, 0.1) is 11.0 Å². The summed E-state index contributed by atoms with van der Waals surface area (Å²) < 4.78 is 15.6. The van der Waals surface area contributed by atoms with Gasteiger partial charge in [-0.25, -0.2) is 9.37 Å². The van der Waals surface area contributed by atoms with Crippen molar-refractivity contribution < 1.29 is 4.39 Å². The number of benzene rings is 1. The Kier molecular flexibility index (Phi) is 3.05. The molecule has 0 bridgehead atoms. The number of hydrogen-bond acceptors (Lipinski definition) is 2. The van der Waals surface area contributed by atoms with Crippen molar-refractivity contribution in [1.29, 1.82) is 0 Å². The molecule has 0 saturated heterocycles. The van der Waals surface area contributed by atoms with Crippen LogP contribution in [0.4, 0.5) is 4.39 Å². The van der Waals surface area contributed by atoms with Gasteiger partial charge in [-0.05, 0) is 37.5 Å². The third-order valence-corrected chi connectivity index (χ3v) is 4.33. The molecule has 19 heavy (non-hydrogen) atoms. The number of halogens is 1. The lowest BCUT2D eigenvalue weighted by molar-refractivity contribution is 0.231. The van der Waals surface area contributed by atoms with E-state index in [2.05, 4.69) is 11.5 Å². The maximum atomic E-state index is 13.5. The van der Waals surface area contributed by atoms with Crippen molar-refractivity contribution in [3.05, 3.63) is 29.8 Å². The van der Waals surface area contributed by atoms with E-state index in [-0.39, 0.29) is 11.2 Å². The SMILES string of the molecule is CCCn1c(C2(CN)CCC2)nc2ccc(F)cc21. The van der Waals surface area contributed by atoms with Crippen LogP contribution in [0.3, 0.4) is 0 Å². The number of fused-ring (bicyclic) bond motifs is 1. The summed E-state index contributed by atoms with van der Waals surface area (Å²) in [5.74, 6) is 0.857. The molecule has 0 atom stereocenters. The van der Waals surface area contributed by atoms with E-state index >= 15 is 0 Å². The van der Waals surface area contributed by atoms with Gasteiger partial charge in [0.25, 0.3) is 0 Å². The van der Waals surface area contributed by atoms with Crippen LogP contribution < -0.4 is 5.73 Å². The zero-order chi connectivity index (χ0) is 13.5. The number of nitrogens with zero attached hydrogens (tertiary/aromatic N) is 2. The van der Waals surface area contributed by atoms with Crippen LogP contribution in [-0.2, 0) is 12.0 Å². The molecule has 1 saturated carbocycles. The lowest BCUT2D eigenvalue weighted by atomic mass is 9.68. The molecule has 2 N–H and O–H groups in total. The first-order chi connectivity index (χ1) is 9.20. The summed E-state index contributed by atoms with van der Waals surface area (Å²) in [4.78, 5) is 4.75. The fraction of sp³-hybridized carbons (Fsp3) is 0.533. The van der Waals surface area contributed by atoms with Crippen LogP contribution in [0.1, 0.15) is 38.4 Å². The van der Waals surface area contributed by atoms with E-state index in [0.717, 1.165) is 42.7 Å². The van der Waals surface area contributed by atoms with E-state index < -0.39 is 0 Å². The van der Waals surface area contributed by atoms with E-state index in [1.165, 1.54) is 12.5 Å². The van der Waals surface area contributed by atoms with Gasteiger partial charge in [-0.2, -0.15) is 0 Å². The summed E-state index contributed by atoms with van der Waals surface area (Å²) in [6, 6.07) is 4.83. The fourth-order valence-electron chi connectivity index (χ4n) is 3.07. The van der Waals surface area contributed by atoms with Gasteiger partial charge >= 0.3 is 0 Å². The van der Waals surface area contributed by atoms with Crippen molar-refractivity contribution in [2.24, 2.45) is 5.73 Å². The van der Waals surface area contributed by atoms with Crippen molar-refractivity contribution in [1.82, 2.24) is 9.55 Å². The number of nitrogens with two attached hydrogens (primary N) is 1. The summed E-state index contributed by atoms with van der Waals surface area (Å²) in [5, 5.41) is 0. The van der Waals surface area contributed by atoms with Gasteiger partial charge in [-0.1, -0.05) is 13.3 Å². The van der Waals surface area contributed by atoms with Crippen LogP contribution in [0.2, 0.25) is 0 Å². The Morgan fingerprint density at radius 2 is 2.21 bits per heavy atom. The second-order valence-electron chi connectivity index (χ2n) is 5.56. The van der Waals surface area contributed by atoms with Crippen molar-refractivity contribution in [2.75, 3.05) is 6.54 Å². The number of hydrogen-bond donors (Lipinski definition) is 1. The van der Waals surface area contributed by atoms with E-state index in [9.17, 15) is 4.39 Å². The average Bonchev–Trinajstić information content (AvgIpc) is 2.69. The van der Waals surface area contributed by atoms with Crippen molar-refractivity contribution >= 4 is 11.0 Å². The maximum absolute atomic E-state index is 13.5. The monoisotopic (exact) mass is 261 g/mol. The van der Waals surface area contributed by atoms with Crippen LogP contribution in [-0.4, -0.2) is 16.1 Å². The molecule has 4 heteroatoms. The third-order valence-electron chi connectivity index (χ3n) is 4.33. The van der Waals surface area contributed by atoms with Gasteiger partial charge in [0, 0.05) is 18.5 Å². The van der Waals surface area contributed by atoms with Gasteiger partial charge < -0.3 is 10.3 Å². The Labute approximate surface area is 112 Å². The Bertz CT molecular complexity index is 593. The molecule has 0 spiro atoms. The summed E-state index contributed by atoms with van der Waals surface area (Å²) in [6.45, 7) is 3.63. The van der Waals surface area contributed by atoms with Gasteiger partial charge in [-0.3, -0.25) is 0 Å². The smallest absolute Gasteiger partial charge is 0.125 e. The molecule has 3 nitrogen and oxygen atoms in total. The predicted octanol–water partition coefficient (Wildman–Crippen LogP) is 2.97. The minimum atomic E-state index is -0.202. The van der Waals surface area contributed by atoms with Crippen LogP contribution in [0.25, 0.3) is 11.0 Å². The van der Waals surface area contributed by atoms with Crippen molar-refractivity contribution in [3.8, 4) is 0 Å². The van der Waals surface area contributed by atoms with Crippen LogP contribution in [0.5, 0.6) is 0 Å². The lowest BCUT2D eigenvalue weighted by Gasteiger charge is -2.40. The lowest BCUT2D eigenvalue weighted by Crippen LogP contribution is -2.43. The molecular formula is C15H20FN3. The summed E-state index contributed by atoms with van der Waals surface area (Å²) >= 11 is 0. The average molecular weight is 261 g/mol. The highest BCUT2D eigenvalue weighted by Crippen LogP contribution is 2.43. The first kappa shape index (κ1) is 12.6. The van der Waals surface area contributed by atoms with Gasteiger partial charge in [0.2, 0.25) is 0 Å². The number of rotatable bonds is 4. The number of imidazole rings is 1. The molecule has 1 aliphatic carbocycles. The van der Waals surface area contributed by atoms with Gasteiger partial charge in [0.1, 0.15) is 11.6 Å². The highest BCUT2D eigenvalue weighted by Gasteiger charge is 2.41. The molecule has 0 radical (unpaired) electrons. The molecule has 1 aromatic carbocycles. The van der Waals surface area contributed by atoms with Crippen LogP contribution in [0, 0.1) is 5.82 Å². The quantitative estimate of drug-likeness (QED) is 0.919. The zero-order valence-corrected chi connectivity index (χ0v) is 11.3. The number of aromatic nitrogens is 2. The number of aryl methyl sites for hydroxylation is 1. The second kappa shape index (κ2) is 4.60. The molecule has 1 fully saturated rings. The summed E-state index contributed by atoms with van der Waals surface area (Å²) in [5.41, 5.74) is 7.79. The normalized spacial score (nSPS) is 17.6. The Balaban J connectivity index is 2.20. The van der Waals surface area contributed by atoms with E-state index in [1.54, 1.807) is 12.1 Å². The van der Waals surface area contributed by atoms with Gasteiger partial charge in [0.15, 0.2) is 0 Å². The predicted molar refractivity (Wildman–Crippen MR) is 74.6 cm³/mol. The molecule has 1 heterocycles. The summed E-state index contributed by atoms with van der Waals surface area (Å²) in [6.07, 6.45) is 4.41. The van der Waals surface area contributed by atoms with E-state index in [4.69, 9.17) is 10.7 Å². The van der Waals surface area contributed by atoms with Crippen molar-refractivity contribution in [3.63, 3.8) is 0 Å². The van der Waals surface area contributed by atoms with Crippen LogP contribution in [0.15, 0.2) is 18.2 Å². The van der Waals surface area contributed by atoms with Gasteiger partial charge in [-0.15, -0.1) is 0 Å². The first-order valence-electron chi connectivity index (χ1n) is 7.06. The van der Waals surface area contributed by atoms with Crippen LogP contribution >= 0.6 is 0 Å². The highest BCUT2D eigenvalue weighted by atomic mass is 19.1. The molecular weight excluding hydrogens is 241 g/mol. The molecule has 3 rings (SSSR count). The first-order valence-corrected chi connectivity index (χ1v) is 7.06. The topological polar surface area (TPSA) is 43.8 Å². The zero-order valence-electron chi connectivity index (χ0n) is 11.3. The molecule has 0 aliphatic heterocycles. The minimum Gasteiger partial charge on any atom is -0.329 e. The molecule has 1 aliphatic rings. The van der Waals surface area contributed by atoms with Crippen molar-refractivity contribution in [2.45, 2.75) is 44.6 Å². The Morgan fingerprint density at radius 3 is 2.79 bits per heavy atom. The second-order valence-corrected chi connectivity index (χ2v) is 5.56. The standard InChI is InChI=1S/C15H20FN3/c1-2-8-19-13-9-11(16)4-5-12(13)18-14(19)15(10-17)6-3-7-15/h4-5,9H,2-3,6-8,10,17H2,1H3. The summed E-state index contributed by atoms with van der Waals surface area (Å²) in [7, 11) is 0. The van der Waals surface area contributed by atoms with E-state index in [1.807, 2.05) is 0 Å². The molecule has 1 aromatic heterocycles. The maximum Gasteiger partial charge on any atom is 0.125 e. The highest BCUT2D eigenvalue weighted by molar-refractivity contribution is 5.76. The molecule has 102 valence electrons.